The number of thioether (sulfide) groups is 2. The maximum Gasteiger partial charge on any atom is 0.411 e. The second-order valence-corrected chi connectivity index (χ2v) is 17.1. The van der Waals surface area contributed by atoms with Crippen LogP contribution >= 0.6 is 23.5 Å². The Labute approximate surface area is 339 Å². The third kappa shape index (κ3) is 26.3. The molecule has 1 aliphatic heterocycles. The molecule has 0 bridgehead atoms. The quantitative estimate of drug-likeness (QED) is 0.0590. The molecule has 1 aliphatic rings. The molecule has 3 atom stereocenters. The number of nitrogens with zero attached hydrogens (tertiary/aromatic N) is 1. The van der Waals surface area contributed by atoms with Crippen molar-refractivity contribution >= 4 is 52.6 Å². The molecule has 1 fully saturated rings. The second kappa shape index (κ2) is 30.0. The van der Waals surface area contributed by atoms with E-state index in [9.17, 15) is 24.0 Å². The van der Waals surface area contributed by atoms with Crippen LogP contribution in [0.2, 0.25) is 0 Å². The number of ether oxygens (including phenoxy) is 2. The zero-order valence-corrected chi connectivity index (χ0v) is 35.9. The zero-order chi connectivity index (χ0) is 40.9. The van der Waals surface area contributed by atoms with E-state index in [2.05, 4.69) is 40.4 Å². The number of unbranched alkanes of at least 4 members (excludes halogenated alkanes) is 12. The number of carboxylic acids is 1. The van der Waals surface area contributed by atoms with Gasteiger partial charge < -0.3 is 19.9 Å². The highest BCUT2D eigenvalue weighted by atomic mass is 32.2. The number of rotatable bonds is 24. The van der Waals surface area contributed by atoms with Gasteiger partial charge in [-0.2, -0.15) is 0 Å². The first-order valence-corrected chi connectivity index (χ1v) is 22.0. The first-order valence-electron chi connectivity index (χ1n) is 19.9. The standard InChI is InChI=1S/C25H37NO4S.C18H31NO4S/c1-25(2,3)30-24(29)26-21(19-31-23(26)20-15-11-10-12-16-20)17-13-8-6-4-5-7-9-14-18-22(27)28;1-15(20)19-17(14-24-16(2)21)12-10-8-6-4-5-7-9-11-13-18(22)23-3/h10-13,15-17,21,23H,4-9,14,18-19H2,1-3H3,(H,27,28);10,12,17H,4-9,11,13-14H2,1-3H3,(H,19,20)/b17-13+;12-10+/t21-,23-;17-/m11/s1. The van der Waals surface area contributed by atoms with Gasteiger partial charge in [-0.3, -0.25) is 24.1 Å². The van der Waals surface area contributed by atoms with E-state index in [0.29, 0.717) is 12.2 Å². The summed E-state index contributed by atoms with van der Waals surface area (Å²) < 4.78 is 10.3. The fourth-order valence-corrected chi connectivity index (χ4v) is 7.82. The van der Waals surface area contributed by atoms with Crippen LogP contribution in [0.25, 0.3) is 0 Å². The van der Waals surface area contributed by atoms with E-state index >= 15 is 0 Å². The molecule has 1 heterocycles. The van der Waals surface area contributed by atoms with Crippen molar-refractivity contribution in [3.05, 3.63) is 60.2 Å². The fraction of sp³-hybridized carbons (Fsp3) is 0.651. The predicted octanol–water partition coefficient (Wildman–Crippen LogP) is 10.4. The Bertz CT molecular complexity index is 1320. The van der Waals surface area contributed by atoms with Crippen LogP contribution in [0.3, 0.4) is 0 Å². The van der Waals surface area contributed by atoms with Crippen molar-refractivity contribution in [2.45, 2.75) is 160 Å². The molecule has 55 heavy (non-hydrogen) atoms. The van der Waals surface area contributed by atoms with Gasteiger partial charge in [-0.05, 0) is 64.9 Å². The maximum absolute atomic E-state index is 13.0. The Morgan fingerprint density at radius 2 is 1.44 bits per heavy atom. The summed E-state index contributed by atoms with van der Waals surface area (Å²) in [5.41, 5.74) is 0.599. The van der Waals surface area contributed by atoms with E-state index in [0.717, 1.165) is 94.8 Å². The molecule has 10 nitrogen and oxygen atoms in total. The summed E-state index contributed by atoms with van der Waals surface area (Å²) in [6.45, 7) is 8.72. The SMILES string of the molecule is CC(C)(C)OC(=O)N1[C@H](/C=C/CCCCCCCCC(=O)O)CS[C@@H]1c1ccccc1.COC(=O)CCCCCCCC/C=C/[C@H](CSC(C)=O)NC(C)=O. The van der Waals surface area contributed by atoms with Crippen molar-refractivity contribution in [2.75, 3.05) is 18.6 Å². The molecule has 12 heteroatoms. The van der Waals surface area contributed by atoms with Gasteiger partial charge in [-0.1, -0.05) is 118 Å². The van der Waals surface area contributed by atoms with E-state index in [1.807, 2.05) is 49.9 Å². The summed E-state index contributed by atoms with van der Waals surface area (Å²) in [5, 5.41) is 11.5. The van der Waals surface area contributed by atoms with Crippen molar-refractivity contribution in [1.29, 1.82) is 0 Å². The number of aliphatic carboxylic acids is 1. The third-order valence-electron chi connectivity index (χ3n) is 8.55. The summed E-state index contributed by atoms with van der Waals surface area (Å²) in [5.74, 6) is 0.521. The van der Waals surface area contributed by atoms with E-state index < -0.39 is 11.6 Å². The summed E-state index contributed by atoms with van der Waals surface area (Å²) in [4.78, 5) is 58.5. The summed E-state index contributed by atoms with van der Waals surface area (Å²) in [6, 6.07) is 10.1. The first-order chi connectivity index (χ1) is 26.2. The van der Waals surface area contributed by atoms with Crippen molar-refractivity contribution in [1.82, 2.24) is 10.2 Å². The highest BCUT2D eigenvalue weighted by Gasteiger charge is 2.39. The Kier molecular flexibility index (Phi) is 27.1. The second-order valence-electron chi connectivity index (χ2n) is 14.8. The Balaban J connectivity index is 0.000000571. The van der Waals surface area contributed by atoms with E-state index in [4.69, 9.17) is 9.84 Å². The fourth-order valence-electron chi connectivity index (χ4n) is 5.81. The van der Waals surface area contributed by atoms with E-state index in [1.54, 1.807) is 11.8 Å². The van der Waals surface area contributed by atoms with Crippen molar-refractivity contribution in [3.63, 3.8) is 0 Å². The number of hydrogen-bond acceptors (Lipinski definition) is 9. The van der Waals surface area contributed by atoms with E-state index in [1.165, 1.54) is 39.1 Å². The topological polar surface area (TPSA) is 139 Å². The average Bonchev–Trinajstić information content (AvgIpc) is 3.55. The van der Waals surface area contributed by atoms with Crippen molar-refractivity contribution in [2.24, 2.45) is 0 Å². The third-order valence-corrected chi connectivity index (χ3v) is 10.8. The minimum Gasteiger partial charge on any atom is -0.481 e. The van der Waals surface area contributed by atoms with Crippen LogP contribution in [0.4, 0.5) is 4.79 Å². The highest BCUT2D eigenvalue weighted by Crippen LogP contribution is 2.42. The van der Waals surface area contributed by atoms with Gasteiger partial charge in [0.2, 0.25) is 5.91 Å². The molecule has 2 amide bonds. The smallest absolute Gasteiger partial charge is 0.411 e. The van der Waals surface area contributed by atoms with Crippen LogP contribution in [0.1, 0.15) is 148 Å². The number of carboxylic acid groups (broad SMARTS) is 1. The molecule has 0 aromatic heterocycles. The van der Waals surface area contributed by atoms with Crippen LogP contribution in [0.15, 0.2) is 54.6 Å². The highest BCUT2D eigenvalue weighted by molar-refractivity contribution is 8.13. The van der Waals surface area contributed by atoms with Gasteiger partial charge in [0, 0.05) is 38.2 Å². The van der Waals surface area contributed by atoms with Crippen LogP contribution in [-0.4, -0.2) is 75.4 Å². The molecule has 310 valence electrons. The van der Waals surface area contributed by atoms with Gasteiger partial charge in [0.15, 0.2) is 5.12 Å². The first kappa shape index (κ1) is 49.8. The van der Waals surface area contributed by atoms with Crippen LogP contribution in [0.5, 0.6) is 0 Å². The number of hydrogen-bond donors (Lipinski definition) is 2. The van der Waals surface area contributed by atoms with Crippen LogP contribution in [0, 0.1) is 0 Å². The van der Waals surface area contributed by atoms with Gasteiger partial charge >= 0.3 is 18.0 Å². The Morgan fingerprint density at radius 1 is 0.873 bits per heavy atom. The molecule has 2 N–H and O–H groups in total. The van der Waals surface area contributed by atoms with Gasteiger partial charge in [0.05, 0.1) is 19.2 Å². The normalized spacial score (nSPS) is 16.1. The number of methoxy groups -OCH3 is 1. The number of esters is 1. The molecular formula is C43H68N2O8S2. The zero-order valence-electron chi connectivity index (χ0n) is 34.2. The van der Waals surface area contributed by atoms with Crippen LogP contribution < -0.4 is 5.32 Å². The number of benzene rings is 1. The van der Waals surface area contributed by atoms with Crippen LogP contribution in [-0.2, 0) is 28.7 Å². The lowest BCUT2D eigenvalue weighted by atomic mass is 10.1. The summed E-state index contributed by atoms with van der Waals surface area (Å²) in [7, 11) is 1.42. The maximum atomic E-state index is 13.0. The van der Waals surface area contributed by atoms with Crippen molar-refractivity contribution in [3.8, 4) is 0 Å². The van der Waals surface area contributed by atoms with Gasteiger partial charge in [-0.25, -0.2) is 4.79 Å². The number of amides is 2. The summed E-state index contributed by atoms with van der Waals surface area (Å²) in [6.07, 6.45) is 23.8. The predicted molar refractivity (Wildman–Crippen MR) is 226 cm³/mol. The monoisotopic (exact) mass is 804 g/mol. The van der Waals surface area contributed by atoms with Gasteiger partial charge in [-0.15, -0.1) is 11.8 Å². The van der Waals surface area contributed by atoms with Crippen molar-refractivity contribution < 1.29 is 38.6 Å². The van der Waals surface area contributed by atoms with Gasteiger partial charge in [0.1, 0.15) is 11.0 Å². The lowest BCUT2D eigenvalue weighted by molar-refractivity contribution is -0.141. The number of carbonyl (C=O) groups is 5. The molecule has 0 radical (unpaired) electrons. The lowest BCUT2D eigenvalue weighted by Gasteiger charge is -2.31. The largest absolute Gasteiger partial charge is 0.481 e. The Morgan fingerprint density at radius 3 is 1.98 bits per heavy atom. The summed E-state index contributed by atoms with van der Waals surface area (Å²) >= 11 is 3.01. The lowest BCUT2D eigenvalue weighted by Crippen LogP contribution is -2.40. The van der Waals surface area contributed by atoms with E-state index in [-0.39, 0.29) is 47.0 Å². The molecule has 0 aliphatic carbocycles. The molecule has 0 spiro atoms. The number of carbonyl (C=O) groups excluding carboxylic acids is 4. The molecule has 1 aromatic rings. The minimum absolute atomic E-state index is 0.0288. The number of allylic oxidation sites excluding steroid dienone is 2. The average molecular weight is 805 g/mol. The molecule has 0 saturated carbocycles. The minimum atomic E-state index is -0.704. The molecule has 1 saturated heterocycles. The number of nitrogens with one attached hydrogen (secondary N) is 1. The van der Waals surface area contributed by atoms with Gasteiger partial charge in [0.25, 0.3) is 0 Å². The molecule has 2 rings (SSSR count). The molecular weight excluding hydrogens is 737 g/mol. The Hall–Kier alpha value is -3.25. The molecule has 0 unspecified atom stereocenters. The molecule has 1 aromatic carbocycles.